The van der Waals surface area contributed by atoms with Gasteiger partial charge in [-0.3, -0.25) is 9.59 Å². The van der Waals surface area contributed by atoms with Crippen molar-refractivity contribution in [2.24, 2.45) is 0 Å². The van der Waals surface area contributed by atoms with Crippen LogP contribution in [0.4, 0.5) is 0 Å². The Morgan fingerprint density at radius 3 is 2.31 bits per heavy atom. The van der Waals surface area contributed by atoms with E-state index in [9.17, 15) is 9.59 Å². The maximum Gasteiger partial charge on any atom is 0.193 e. The number of hydrogen-bond acceptors (Lipinski definition) is 2. The summed E-state index contributed by atoms with van der Waals surface area (Å²) in [5.74, 6) is 0.286. The van der Waals surface area contributed by atoms with Gasteiger partial charge in [0.25, 0.3) is 0 Å². The Hall–Kier alpha value is -2.02. The molecule has 0 heterocycles. The van der Waals surface area contributed by atoms with Crippen LogP contribution in [-0.2, 0) is 0 Å². The molecule has 0 fully saturated rings. The maximum atomic E-state index is 13.9. The smallest absolute Gasteiger partial charge is 0.193 e. The van der Waals surface area contributed by atoms with E-state index in [1.807, 2.05) is 57.2 Å². The van der Waals surface area contributed by atoms with E-state index in [1.54, 1.807) is 0 Å². The molecule has 0 aromatic heterocycles. The number of halogens is 1. The van der Waals surface area contributed by atoms with E-state index >= 15 is 0 Å². The van der Waals surface area contributed by atoms with E-state index in [1.165, 1.54) is 0 Å². The average Bonchev–Trinajstić information content (AvgIpc) is 2.69. The van der Waals surface area contributed by atoms with Crippen molar-refractivity contribution < 1.29 is 9.59 Å². The maximum absolute atomic E-state index is 13.9. The van der Waals surface area contributed by atoms with Crippen LogP contribution in [0.5, 0.6) is 0 Å². The summed E-state index contributed by atoms with van der Waals surface area (Å²) in [7, 11) is -1.19. The van der Waals surface area contributed by atoms with Crippen molar-refractivity contribution in [1.82, 2.24) is 0 Å². The zero-order chi connectivity index (χ0) is 21.0. The van der Waals surface area contributed by atoms with Gasteiger partial charge < -0.3 is 0 Å². The fourth-order valence-electron chi connectivity index (χ4n) is 3.99. The molecule has 1 unspecified atom stereocenters. The minimum atomic E-state index is -1.19. The third-order valence-corrected chi connectivity index (χ3v) is 7.72. The SMILES string of the molecule is Cc1cc(C)c(C(=O)P(C2=CCCC=C2)c2ccccc2)c(C)c1C(=O)CCCl. The molecule has 4 heteroatoms. The average molecular weight is 425 g/mol. The van der Waals surface area contributed by atoms with Crippen molar-refractivity contribution >= 4 is 36.1 Å². The number of Topliss-reactive ketones (excluding diaryl/α,β-unsaturated/α-hetero) is 1. The highest BCUT2D eigenvalue weighted by Crippen LogP contribution is 2.50. The van der Waals surface area contributed by atoms with Crippen LogP contribution in [0.2, 0.25) is 0 Å². The van der Waals surface area contributed by atoms with Gasteiger partial charge in [0.1, 0.15) is 0 Å². The number of carbonyl (C=O) groups excluding carboxylic acids is 2. The molecule has 1 aliphatic carbocycles. The molecule has 3 rings (SSSR count). The lowest BCUT2D eigenvalue weighted by atomic mass is 9.91. The molecular formula is C25H26ClO2P. The molecular weight excluding hydrogens is 399 g/mol. The van der Waals surface area contributed by atoms with Gasteiger partial charge in [-0.25, -0.2) is 0 Å². The van der Waals surface area contributed by atoms with E-state index in [2.05, 4.69) is 18.2 Å². The Morgan fingerprint density at radius 2 is 1.69 bits per heavy atom. The lowest BCUT2D eigenvalue weighted by Crippen LogP contribution is -2.16. The molecule has 29 heavy (non-hydrogen) atoms. The highest BCUT2D eigenvalue weighted by molar-refractivity contribution is 7.85. The third-order valence-electron chi connectivity index (χ3n) is 5.24. The second kappa shape index (κ2) is 9.65. The Morgan fingerprint density at radius 1 is 1.00 bits per heavy atom. The van der Waals surface area contributed by atoms with Gasteiger partial charge in [-0.2, -0.15) is 0 Å². The van der Waals surface area contributed by atoms with Gasteiger partial charge in [-0.15, -0.1) is 11.6 Å². The first-order valence-electron chi connectivity index (χ1n) is 9.92. The van der Waals surface area contributed by atoms with Gasteiger partial charge in [0, 0.05) is 31.3 Å². The van der Waals surface area contributed by atoms with Crippen molar-refractivity contribution in [2.75, 3.05) is 5.88 Å². The first-order valence-corrected chi connectivity index (χ1v) is 11.8. The predicted octanol–water partition coefficient (Wildman–Crippen LogP) is 6.60. The monoisotopic (exact) mass is 424 g/mol. The highest BCUT2D eigenvalue weighted by atomic mass is 35.5. The number of carbonyl (C=O) groups is 2. The number of aryl methyl sites for hydroxylation is 2. The largest absolute Gasteiger partial charge is 0.294 e. The van der Waals surface area contributed by atoms with Gasteiger partial charge in [0.05, 0.1) is 0 Å². The Balaban J connectivity index is 2.16. The summed E-state index contributed by atoms with van der Waals surface area (Å²) in [6.45, 7) is 5.80. The number of benzene rings is 2. The van der Waals surface area contributed by atoms with Crippen molar-refractivity contribution in [3.8, 4) is 0 Å². The molecule has 2 nitrogen and oxygen atoms in total. The molecule has 1 atom stereocenters. The summed E-state index contributed by atoms with van der Waals surface area (Å²) in [5.41, 5.74) is 4.06. The van der Waals surface area contributed by atoms with Crippen LogP contribution in [-0.4, -0.2) is 17.2 Å². The van der Waals surface area contributed by atoms with E-state index in [-0.39, 0.29) is 23.6 Å². The lowest BCUT2D eigenvalue weighted by Gasteiger charge is -2.23. The van der Waals surface area contributed by atoms with Crippen LogP contribution in [0.1, 0.15) is 56.7 Å². The standard InChI is InChI=1S/C25H26ClO2P/c1-17-16-18(2)24(19(3)23(17)22(27)14-15-26)25(28)29(20-10-6-4-7-11-20)21-12-8-5-9-13-21/h4,6-8,10-13,16H,5,9,14-15H2,1-3H3. The van der Waals surface area contributed by atoms with Crippen molar-refractivity contribution in [2.45, 2.75) is 40.0 Å². The minimum absolute atomic E-state index is 0.00451. The first-order chi connectivity index (χ1) is 14.0. The number of rotatable bonds is 7. The molecule has 150 valence electrons. The summed E-state index contributed by atoms with van der Waals surface area (Å²) in [4.78, 5) is 26.6. The molecule has 0 aliphatic heterocycles. The van der Waals surface area contributed by atoms with Crippen LogP contribution in [0.3, 0.4) is 0 Å². The van der Waals surface area contributed by atoms with Gasteiger partial charge in [-0.1, -0.05) is 54.6 Å². The molecule has 2 aromatic carbocycles. The van der Waals surface area contributed by atoms with Gasteiger partial charge in [0.15, 0.2) is 11.3 Å². The van der Waals surface area contributed by atoms with Crippen LogP contribution < -0.4 is 5.30 Å². The van der Waals surface area contributed by atoms with Crippen LogP contribution in [0.15, 0.2) is 59.9 Å². The second-order valence-electron chi connectivity index (χ2n) is 7.33. The van der Waals surface area contributed by atoms with Crippen molar-refractivity contribution in [1.29, 1.82) is 0 Å². The molecule has 0 saturated heterocycles. The second-order valence-corrected chi connectivity index (χ2v) is 9.82. The van der Waals surface area contributed by atoms with Gasteiger partial charge in [0.2, 0.25) is 0 Å². The molecule has 0 radical (unpaired) electrons. The Labute approximate surface area is 179 Å². The van der Waals surface area contributed by atoms with E-state index in [4.69, 9.17) is 11.6 Å². The Bertz CT molecular complexity index is 990. The van der Waals surface area contributed by atoms with Gasteiger partial charge >= 0.3 is 0 Å². The molecule has 0 saturated carbocycles. The summed E-state index contributed by atoms with van der Waals surface area (Å²) in [5, 5.41) is 2.13. The quantitative estimate of drug-likeness (QED) is 0.285. The first kappa shape index (κ1) is 21.7. The molecule has 1 aliphatic rings. The van der Waals surface area contributed by atoms with Gasteiger partial charge in [-0.05, 0) is 60.9 Å². The normalized spacial score (nSPS) is 14.4. The fourth-order valence-corrected chi connectivity index (χ4v) is 6.54. The molecule has 0 spiro atoms. The topological polar surface area (TPSA) is 34.1 Å². The molecule has 0 bridgehead atoms. The number of allylic oxidation sites excluding steroid dienone is 4. The van der Waals surface area contributed by atoms with E-state index < -0.39 is 7.92 Å². The van der Waals surface area contributed by atoms with Crippen LogP contribution in [0, 0.1) is 20.8 Å². The minimum Gasteiger partial charge on any atom is -0.294 e. The van der Waals surface area contributed by atoms with Crippen LogP contribution >= 0.6 is 19.5 Å². The predicted molar refractivity (Wildman–Crippen MR) is 124 cm³/mol. The number of hydrogen-bond donors (Lipinski definition) is 0. The number of ketones is 1. The van der Waals surface area contributed by atoms with Crippen molar-refractivity contribution in [3.05, 3.63) is 87.8 Å². The Kier molecular flexibility index (Phi) is 7.22. The zero-order valence-electron chi connectivity index (χ0n) is 17.2. The summed E-state index contributed by atoms with van der Waals surface area (Å²) >= 11 is 5.82. The summed E-state index contributed by atoms with van der Waals surface area (Å²) in [6, 6.07) is 12.0. The molecule has 0 amide bonds. The fraction of sp³-hybridized carbons (Fsp3) is 0.280. The summed E-state index contributed by atoms with van der Waals surface area (Å²) in [6.07, 6.45) is 8.67. The lowest BCUT2D eigenvalue weighted by molar-refractivity contribution is 0.0988. The third kappa shape index (κ3) is 4.60. The number of alkyl halides is 1. The van der Waals surface area contributed by atoms with E-state index in [0.29, 0.717) is 11.1 Å². The zero-order valence-corrected chi connectivity index (χ0v) is 18.8. The van der Waals surface area contributed by atoms with Crippen LogP contribution in [0.25, 0.3) is 0 Å². The molecule has 2 aromatic rings. The highest BCUT2D eigenvalue weighted by Gasteiger charge is 2.29. The van der Waals surface area contributed by atoms with E-state index in [0.717, 1.165) is 40.2 Å². The molecule has 0 N–H and O–H groups in total. The summed E-state index contributed by atoms with van der Waals surface area (Å²) < 4.78 is 0. The van der Waals surface area contributed by atoms with Crippen molar-refractivity contribution in [3.63, 3.8) is 0 Å².